The highest BCUT2D eigenvalue weighted by atomic mass is 16.2. The van der Waals surface area contributed by atoms with Gasteiger partial charge in [0.1, 0.15) is 5.82 Å². The van der Waals surface area contributed by atoms with Crippen molar-refractivity contribution >= 4 is 11.2 Å². The fourth-order valence-corrected chi connectivity index (χ4v) is 6.14. The molecule has 0 amide bonds. The van der Waals surface area contributed by atoms with Crippen molar-refractivity contribution in [2.45, 2.75) is 103 Å². The van der Waals surface area contributed by atoms with Gasteiger partial charge in [0.15, 0.2) is 11.2 Å². The first-order valence-electron chi connectivity index (χ1n) is 13.4. The van der Waals surface area contributed by atoms with Crippen molar-refractivity contribution in [2.24, 2.45) is 5.92 Å². The molecule has 3 aromatic rings. The molecule has 5 rings (SSSR count). The van der Waals surface area contributed by atoms with Gasteiger partial charge in [0.2, 0.25) is 0 Å². The minimum atomic E-state index is -0.183. The number of benzene rings is 1. The second-order valence-corrected chi connectivity index (χ2v) is 10.4. The minimum absolute atomic E-state index is 0.177. The van der Waals surface area contributed by atoms with E-state index in [0.29, 0.717) is 42.6 Å². The van der Waals surface area contributed by atoms with Crippen LogP contribution < -0.4 is 11.2 Å². The molecular weight excluding hydrogens is 424 g/mol. The van der Waals surface area contributed by atoms with E-state index >= 15 is 0 Å². The van der Waals surface area contributed by atoms with Crippen LogP contribution in [-0.2, 0) is 19.6 Å². The Kier molecular flexibility index (Phi) is 7.02. The van der Waals surface area contributed by atoms with Gasteiger partial charge in [-0.15, -0.1) is 0 Å². The van der Waals surface area contributed by atoms with E-state index < -0.39 is 0 Å². The van der Waals surface area contributed by atoms with Crippen LogP contribution in [0.2, 0.25) is 0 Å². The maximum atomic E-state index is 13.7. The van der Waals surface area contributed by atoms with E-state index in [1.54, 1.807) is 0 Å². The number of nitrogens with zero attached hydrogens (tertiary/aromatic N) is 4. The third-order valence-electron chi connectivity index (χ3n) is 7.98. The van der Waals surface area contributed by atoms with E-state index in [9.17, 15) is 9.59 Å². The molecule has 6 nitrogen and oxygen atoms in total. The summed E-state index contributed by atoms with van der Waals surface area (Å²) in [5.41, 5.74) is 2.02. The Morgan fingerprint density at radius 3 is 2.26 bits per heavy atom. The van der Waals surface area contributed by atoms with Gasteiger partial charge in [0, 0.05) is 25.6 Å². The topological polar surface area (TPSA) is 61.8 Å². The number of rotatable bonds is 8. The summed E-state index contributed by atoms with van der Waals surface area (Å²) in [7, 11) is 0. The van der Waals surface area contributed by atoms with Crippen molar-refractivity contribution in [3.05, 3.63) is 62.6 Å². The molecule has 2 aliphatic rings. The molecule has 2 aromatic heterocycles. The Morgan fingerprint density at radius 1 is 0.853 bits per heavy atom. The number of hydrogen-bond donors (Lipinski definition) is 0. The van der Waals surface area contributed by atoms with Crippen LogP contribution in [0.1, 0.15) is 94.9 Å². The summed E-state index contributed by atoms with van der Waals surface area (Å²) in [4.78, 5) is 32.4. The summed E-state index contributed by atoms with van der Waals surface area (Å²) >= 11 is 0. The fraction of sp³-hybridized carbons (Fsp3) is 0.607. The molecule has 2 fully saturated rings. The summed E-state index contributed by atoms with van der Waals surface area (Å²) < 4.78 is 5.44. The number of fused-ring (bicyclic) bond motifs is 1. The van der Waals surface area contributed by atoms with Crippen LogP contribution in [0.5, 0.6) is 0 Å². The third-order valence-corrected chi connectivity index (χ3v) is 7.98. The molecular formula is C28H38N4O2. The van der Waals surface area contributed by atoms with Gasteiger partial charge in [-0.2, -0.15) is 0 Å². The maximum Gasteiger partial charge on any atom is 0.332 e. The predicted octanol–water partition coefficient (Wildman–Crippen LogP) is 5.45. The van der Waals surface area contributed by atoms with Crippen LogP contribution in [0.25, 0.3) is 11.2 Å². The second kappa shape index (κ2) is 10.3. The van der Waals surface area contributed by atoms with Crippen LogP contribution in [0.4, 0.5) is 0 Å². The van der Waals surface area contributed by atoms with Gasteiger partial charge in [-0.1, -0.05) is 82.2 Å². The Bertz CT molecular complexity index is 1230. The largest absolute Gasteiger partial charge is 0.332 e. The smallest absolute Gasteiger partial charge is 0.317 e. The zero-order chi connectivity index (χ0) is 23.5. The molecule has 0 bridgehead atoms. The molecule has 2 heterocycles. The molecule has 0 N–H and O–H groups in total. The van der Waals surface area contributed by atoms with Gasteiger partial charge >= 0.3 is 5.69 Å². The molecule has 6 heteroatoms. The van der Waals surface area contributed by atoms with E-state index in [-0.39, 0.29) is 11.2 Å². The maximum absolute atomic E-state index is 13.7. The van der Waals surface area contributed by atoms with Gasteiger partial charge in [-0.3, -0.25) is 13.9 Å². The minimum Gasteiger partial charge on any atom is -0.317 e. The van der Waals surface area contributed by atoms with Gasteiger partial charge in [0.05, 0.1) is 0 Å². The molecule has 0 saturated heterocycles. The van der Waals surface area contributed by atoms with Gasteiger partial charge < -0.3 is 4.57 Å². The van der Waals surface area contributed by atoms with E-state index in [4.69, 9.17) is 4.98 Å². The summed E-state index contributed by atoms with van der Waals surface area (Å²) in [6.45, 7) is 3.74. The Balaban J connectivity index is 1.66. The van der Waals surface area contributed by atoms with Crippen molar-refractivity contribution in [2.75, 3.05) is 0 Å². The molecule has 0 spiro atoms. The third kappa shape index (κ3) is 4.51. The molecule has 0 unspecified atom stereocenters. The van der Waals surface area contributed by atoms with Crippen LogP contribution in [0.3, 0.4) is 0 Å². The average Bonchev–Trinajstić information content (AvgIpc) is 3.52. The van der Waals surface area contributed by atoms with Crippen molar-refractivity contribution in [3.63, 3.8) is 0 Å². The first-order valence-corrected chi connectivity index (χ1v) is 13.4. The SMILES string of the molecule is CCCn1c(=O)c2c(nc(C3CCCC3)n2Cc2ccccc2)n(CCC2CCCCC2)c1=O. The first kappa shape index (κ1) is 23.1. The molecule has 2 saturated carbocycles. The lowest BCUT2D eigenvalue weighted by Crippen LogP contribution is -2.41. The Morgan fingerprint density at radius 2 is 1.56 bits per heavy atom. The second-order valence-electron chi connectivity index (χ2n) is 10.4. The molecule has 182 valence electrons. The van der Waals surface area contributed by atoms with E-state index in [1.165, 1.54) is 49.5 Å². The number of aromatic nitrogens is 4. The number of aryl methyl sites for hydroxylation is 1. The van der Waals surface area contributed by atoms with Gasteiger partial charge in [0.25, 0.3) is 5.56 Å². The van der Waals surface area contributed by atoms with Gasteiger partial charge in [-0.25, -0.2) is 9.78 Å². The molecule has 0 aliphatic heterocycles. The highest BCUT2D eigenvalue weighted by Crippen LogP contribution is 2.35. The van der Waals surface area contributed by atoms with Crippen molar-refractivity contribution in [3.8, 4) is 0 Å². The molecule has 1 aromatic carbocycles. The van der Waals surface area contributed by atoms with E-state index in [2.05, 4.69) is 16.7 Å². The van der Waals surface area contributed by atoms with Crippen LogP contribution in [0.15, 0.2) is 39.9 Å². The van der Waals surface area contributed by atoms with Crippen molar-refractivity contribution in [1.29, 1.82) is 0 Å². The summed E-state index contributed by atoms with van der Waals surface area (Å²) in [5.74, 6) is 2.02. The molecule has 2 aliphatic carbocycles. The van der Waals surface area contributed by atoms with Crippen molar-refractivity contribution in [1.82, 2.24) is 18.7 Å². The number of imidazole rings is 1. The Hall–Kier alpha value is -2.63. The number of hydrogen-bond acceptors (Lipinski definition) is 3. The highest BCUT2D eigenvalue weighted by Gasteiger charge is 2.28. The van der Waals surface area contributed by atoms with E-state index in [1.807, 2.05) is 29.7 Å². The average molecular weight is 463 g/mol. The zero-order valence-electron chi connectivity index (χ0n) is 20.5. The quantitative estimate of drug-likeness (QED) is 0.447. The standard InChI is InChI=1S/C28H38N4O2/c1-2-18-31-27(33)24-26(30(28(31)34)19-17-21-11-5-3-6-12-21)29-25(23-15-9-10-16-23)32(24)20-22-13-7-4-8-14-22/h4,7-8,13-14,21,23H,2-3,5-6,9-12,15-20H2,1H3. The molecule has 34 heavy (non-hydrogen) atoms. The normalized spacial score (nSPS) is 17.7. The molecule has 0 radical (unpaired) electrons. The van der Waals surface area contributed by atoms with Crippen molar-refractivity contribution < 1.29 is 0 Å². The fourth-order valence-electron chi connectivity index (χ4n) is 6.14. The lowest BCUT2D eigenvalue weighted by Gasteiger charge is -2.22. The summed E-state index contributed by atoms with van der Waals surface area (Å²) in [6, 6.07) is 10.3. The van der Waals surface area contributed by atoms with E-state index in [0.717, 1.165) is 37.1 Å². The predicted molar refractivity (Wildman–Crippen MR) is 136 cm³/mol. The lowest BCUT2D eigenvalue weighted by molar-refractivity contribution is 0.322. The molecule has 0 atom stereocenters. The summed E-state index contributed by atoms with van der Waals surface area (Å²) in [5, 5.41) is 0. The monoisotopic (exact) mass is 462 g/mol. The Labute approximate surface area is 201 Å². The van der Waals surface area contributed by atoms with Gasteiger partial charge in [-0.05, 0) is 37.2 Å². The van der Waals surface area contributed by atoms with Crippen LogP contribution >= 0.6 is 0 Å². The van der Waals surface area contributed by atoms with Crippen LogP contribution in [-0.4, -0.2) is 18.7 Å². The zero-order valence-corrected chi connectivity index (χ0v) is 20.5. The highest BCUT2D eigenvalue weighted by molar-refractivity contribution is 5.71. The first-order chi connectivity index (χ1) is 16.7. The summed E-state index contributed by atoms with van der Waals surface area (Å²) in [6.07, 6.45) is 12.8. The van der Waals surface area contributed by atoms with Crippen LogP contribution in [0, 0.1) is 5.92 Å². The lowest BCUT2D eigenvalue weighted by atomic mass is 9.87.